The van der Waals surface area contributed by atoms with Gasteiger partial charge in [0, 0.05) is 4.47 Å². The monoisotopic (exact) mass is 431 g/mol. The van der Waals surface area contributed by atoms with Gasteiger partial charge in [0.1, 0.15) is 0 Å². The Hall–Kier alpha value is -2.22. The minimum absolute atomic E-state index is 0.133. The Morgan fingerprint density at radius 2 is 1.65 bits per heavy atom. The highest BCUT2D eigenvalue weighted by Gasteiger charge is 2.17. The van der Waals surface area contributed by atoms with E-state index in [0.29, 0.717) is 34.7 Å². The summed E-state index contributed by atoms with van der Waals surface area (Å²) in [5.41, 5.74) is 0.137. The lowest BCUT2D eigenvalue weighted by Gasteiger charge is -2.14. The summed E-state index contributed by atoms with van der Waals surface area (Å²) in [6.07, 6.45) is -0.133. The number of amides is 1. The van der Waals surface area contributed by atoms with E-state index in [-0.39, 0.29) is 6.42 Å². The Kier molecular flexibility index (Phi) is 6.90. The van der Waals surface area contributed by atoms with Crippen molar-refractivity contribution in [2.75, 3.05) is 18.5 Å². The summed E-state index contributed by atoms with van der Waals surface area (Å²) in [6, 6.07) is 5.02. The van der Waals surface area contributed by atoms with Gasteiger partial charge < -0.3 is 14.8 Å². The van der Waals surface area contributed by atoms with E-state index in [1.807, 2.05) is 13.8 Å². The van der Waals surface area contributed by atoms with Crippen molar-refractivity contribution in [2.45, 2.75) is 20.3 Å². The van der Waals surface area contributed by atoms with Crippen molar-refractivity contribution in [1.82, 2.24) is 0 Å². The third-order valence-corrected chi connectivity index (χ3v) is 4.11. The van der Waals surface area contributed by atoms with Gasteiger partial charge in [0.15, 0.2) is 29.0 Å². The van der Waals surface area contributed by atoms with Crippen LogP contribution in [0.5, 0.6) is 11.5 Å². The fourth-order valence-corrected chi connectivity index (χ4v) is 2.70. The molecule has 2 rings (SSSR count). The van der Waals surface area contributed by atoms with Gasteiger partial charge in [0.05, 0.1) is 25.3 Å². The van der Waals surface area contributed by atoms with Crippen molar-refractivity contribution >= 4 is 27.5 Å². The minimum atomic E-state index is -1.64. The molecule has 0 radical (unpaired) electrons. The number of nitrogens with one attached hydrogen (secondary N) is 1. The van der Waals surface area contributed by atoms with E-state index < -0.39 is 29.0 Å². The highest BCUT2D eigenvalue weighted by molar-refractivity contribution is 9.10. The van der Waals surface area contributed by atoms with Crippen molar-refractivity contribution < 1.29 is 27.4 Å². The molecule has 2 aromatic carbocycles. The maximum absolute atomic E-state index is 13.7. The summed E-state index contributed by atoms with van der Waals surface area (Å²) < 4.78 is 51.5. The van der Waals surface area contributed by atoms with Crippen LogP contribution >= 0.6 is 15.9 Å². The molecule has 0 unspecified atom stereocenters. The molecular weight excluding hydrogens is 415 g/mol. The molecule has 2 aromatic rings. The lowest BCUT2D eigenvalue weighted by molar-refractivity contribution is -0.115. The van der Waals surface area contributed by atoms with E-state index in [0.717, 1.165) is 12.1 Å². The molecule has 0 saturated heterocycles. The number of hydrogen-bond acceptors (Lipinski definition) is 3. The van der Waals surface area contributed by atoms with Crippen LogP contribution < -0.4 is 14.8 Å². The summed E-state index contributed by atoms with van der Waals surface area (Å²) in [6.45, 7) is 4.51. The normalized spacial score (nSPS) is 10.5. The second kappa shape index (κ2) is 8.93. The number of carbonyl (C=O) groups excluding carboxylic acids is 1. The van der Waals surface area contributed by atoms with Crippen LogP contribution in [0.2, 0.25) is 0 Å². The SMILES string of the molecule is CCOc1cc(Br)c(CC(=O)Nc2ccc(F)c(F)c2F)cc1OCC. The lowest BCUT2D eigenvalue weighted by Crippen LogP contribution is -2.16. The molecule has 0 saturated carbocycles. The Balaban J connectivity index is 2.21. The van der Waals surface area contributed by atoms with Crippen LogP contribution in [0.3, 0.4) is 0 Å². The second-order valence-corrected chi connectivity index (χ2v) is 6.06. The number of ether oxygens (including phenoxy) is 2. The van der Waals surface area contributed by atoms with E-state index in [2.05, 4.69) is 21.2 Å². The lowest BCUT2D eigenvalue weighted by atomic mass is 10.1. The van der Waals surface area contributed by atoms with Crippen LogP contribution in [0.25, 0.3) is 0 Å². The minimum Gasteiger partial charge on any atom is -0.490 e. The van der Waals surface area contributed by atoms with Gasteiger partial charge in [-0.1, -0.05) is 15.9 Å². The van der Waals surface area contributed by atoms with Crippen molar-refractivity contribution in [1.29, 1.82) is 0 Å². The first-order valence-electron chi connectivity index (χ1n) is 7.88. The van der Waals surface area contributed by atoms with E-state index >= 15 is 0 Å². The van der Waals surface area contributed by atoms with Gasteiger partial charge in [-0.25, -0.2) is 13.2 Å². The molecule has 0 aliphatic rings. The fraction of sp³-hybridized carbons (Fsp3) is 0.278. The first-order chi connectivity index (χ1) is 12.4. The molecule has 0 heterocycles. The van der Waals surface area contributed by atoms with Crippen LogP contribution in [0.15, 0.2) is 28.7 Å². The van der Waals surface area contributed by atoms with Crippen molar-refractivity contribution in [3.05, 3.63) is 51.8 Å². The summed E-state index contributed by atoms with van der Waals surface area (Å²) in [7, 11) is 0. The molecule has 1 amide bonds. The summed E-state index contributed by atoms with van der Waals surface area (Å²) in [5, 5.41) is 2.23. The Morgan fingerprint density at radius 1 is 1.04 bits per heavy atom. The molecule has 1 N–H and O–H groups in total. The number of halogens is 4. The Bertz CT molecular complexity index is 815. The van der Waals surface area contributed by atoms with Gasteiger partial charge >= 0.3 is 0 Å². The summed E-state index contributed by atoms with van der Waals surface area (Å²) >= 11 is 3.35. The van der Waals surface area contributed by atoms with Gasteiger partial charge in [-0.2, -0.15) is 0 Å². The van der Waals surface area contributed by atoms with E-state index in [4.69, 9.17) is 9.47 Å². The maximum Gasteiger partial charge on any atom is 0.228 e. The predicted molar refractivity (Wildman–Crippen MR) is 95.1 cm³/mol. The van der Waals surface area contributed by atoms with E-state index in [9.17, 15) is 18.0 Å². The van der Waals surface area contributed by atoms with Crippen molar-refractivity contribution in [3.63, 3.8) is 0 Å². The first-order valence-corrected chi connectivity index (χ1v) is 8.68. The van der Waals surface area contributed by atoms with Crippen LogP contribution in [-0.4, -0.2) is 19.1 Å². The molecule has 0 aliphatic carbocycles. The molecule has 26 heavy (non-hydrogen) atoms. The average molecular weight is 432 g/mol. The number of benzene rings is 2. The van der Waals surface area contributed by atoms with Gasteiger partial charge in [0.25, 0.3) is 0 Å². The van der Waals surface area contributed by atoms with Crippen molar-refractivity contribution in [2.24, 2.45) is 0 Å². The molecule has 0 bridgehead atoms. The smallest absolute Gasteiger partial charge is 0.228 e. The van der Waals surface area contributed by atoms with Gasteiger partial charge in [-0.3, -0.25) is 4.79 Å². The zero-order valence-electron chi connectivity index (χ0n) is 14.2. The molecule has 0 aromatic heterocycles. The third kappa shape index (κ3) is 4.69. The van der Waals surface area contributed by atoms with Crippen LogP contribution in [0.1, 0.15) is 19.4 Å². The van der Waals surface area contributed by atoms with Crippen LogP contribution in [0.4, 0.5) is 18.9 Å². The topological polar surface area (TPSA) is 47.6 Å². The van der Waals surface area contributed by atoms with Crippen molar-refractivity contribution in [3.8, 4) is 11.5 Å². The largest absolute Gasteiger partial charge is 0.490 e. The molecule has 8 heteroatoms. The van der Waals surface area contributed by atoms with Gasteiger partial charge in [-0.15, -0.1) is 0 Å². The van der Waals surface area contributed by atoms with Crippen LogP contribution in [0, 0.1) is 17.5 Å². The standard InChI is InChI=1S/C18H17BrF3NO3/c1-3-25-14-7-10(11(19)9-15(14)26-4-2)8-16(24)23-13-6-5-12(20)17(21)18(13)22/h5-7,9H,3-4,8H2,1-2H3,(H,23,24). The molecule has 0 atom stereocenters. The quantitative estimate of drug-likeness (QED) is 0.637. The first kappa shape index (κ1) is 20.1. The molecule has 4 nitrogen and oxygen atoms in total. The molecule has 140 valence electrons. The zero-order chi connectivity index (χ0) is 19.3. The van der Waals surface area contributed by atoms with E-state index in [1.54, 1.807) is 12.1 Å². The summed E-state index contributed by atoms with van der Waals surface area (Å²) in [4.78, 5) is 12.2. The Labute approximate surface area is 157 Å². The average Bonchev–Trinajstić information content (AvgIpc) is 2.60. The predicted octanol–water partition coefficient (Wildman–Crippen LogP) is 4.85. The molecule has 0 spiro atoms. The zero-order valence-corrected chi connectivity index (χ0v) is 15.8. The highest BCUT2D eigenvalue weighted by Crippen LogP contribution is 2.34. The molecular formula is C18H17BrF3NO3. The Morgan fingerprint density at radius 3 is 2.27 bits per heavy atom. The molecule has 0 aliphatic heterocycles. The van der Waals surface area contributed by atoms with Gasteiger partial charge in [-0.05, 0) is 43.7 Å². The third-order valence-electron chi connectivity index (χ3n) is 3.37. The van der Waals surface area contributed by atoms with E-state index in [1.165, 1.54) is 0 Å². The fourth-order valence-electron chi connectivity index (χ4n) is 2.24. The second-order valence-electron chi connectivity index (χ2n) is 5.20. The number of carbonyl (C=O) groups is 1. The molecule has 0 fully saturated rings. The number of anilines is 1. The maximum atomic E-state index is 13.7. The summed E-state index contributed by atoms with van der Waals surface area (Å²) in [5.74, 6) is -4.00. The van der Waals surface area contributed by atoms with Gasteiger partial charge in [0.2, 0.25) is 5.91 Å². The highest BCUT2D eigenvalue weighted by atomic mass is 79.9. The number of hydrogen-bond donors (Lipinski definition) is 1. The number of rotatable bonds is 7. The van der Waals surface area contributed by atoms with Crippen LogP contribution in [-0.2, 0) is 11.2 Å².